The monoisotopic (exact) mass is 266 g/mol. The Hall–Kier alpha value is -2.24. The van der Waals surface area contributed by atoms with Crippen molar-refractivity contribution >= 4 is 5.97 Å². The lowest BCUT2D eigenvalue weighted by molar-refractivity contribution is -0.137. The Labute approximate surface area is 108 Å². The van der Waals surface area contributed by atoms with Gasteiger partial charge in [-0.05, 0) is 25.1 Å². The van der Waals surface area contributed by atoms with Crippen LogP contribution in [-0.4, -0.2) is 20.6 Å². The van der Waals surface area contributed by atoms with Gasteiger partial charge in [-0.25, -0.2) is 13.8 Å². The molecule has 100 valence electrons. The number of rotatable bonds is 4. The van der Waals surface area contributed by atoms with E-state index in [0.717, 1.165) is 12.1 Å². The number of hydrogen-bond donors (Lipinski definition) is 1. The van der Waals surface area contributed by atoms with Gasteiger partial charge in [0.2, 0.25) is 0 Å². The summed E-state index contributed by atoms with van der Waals surface area (Å²) in [6.07, 6.45) is 1.61. The number of nitrogens with zero attached hydrogens (tertiary/aromatic N) is 2. The molecule has 0 amide bonds. The van der Waals surface area contributed by atoms with Gasteiger partial charge in [0, 0.05) is 18.3 Å². The molecule has 19 heavy (non-hydrogen) atoms. The minimum atomic E-state index is -0.935. The lowest BCUT2D eigenvalue weighted by atomic mass is 10.1. The summed E-state index contributed by atoms with van der Waals surface area (Å²) in [6.45, 7) is 2.02. The van der Waals surface area contributed by atoms with E-state index in [2.05, 4.69) is 4.98 Å². The van der Waals surface area contributed by atoms with Crippen LogP contribution < -0.4 is 0 Å². The van der Waals surface area contributed by atoms with E-state index in [9.17, 15) is 13.6 Å². The van der Waals surface area contributed by atoms with Crippen molar-refractivity contribution in [3.8, 4) is 11.3 Å². The molecule has 0 saturated carbocycles. The fourth-order valence-corrected chi connectivity index (χ4v) is 1.75. The fourth-order valence-electron chi connectivity index (χ4n) is 1.75. The van der Waals surface area contributed by atoms with E-state index in [-0.39, 0.29) is 13.0 Å². The van der Waals surface area contributed by atoms with Gasteiger partial charge >= 0.3 is 5.97 Å². The highest BCUT2D eigenvalue weighted by Gasteiger charge is 2.10. The summed E-state index contributed by atoms with van der Waals surface area (Å²) in [7, 11) is 0. The second kappa shape index (κ2) is 5.17. The number of carbonyl (C=O) groups is 1. The van der Waals surface area contributed by atoms with Gasteiger partial charge in [0.1, 0.15) is 5.82 Å². The molecule has 0 atom stereocenters. The van der Waals surface area contributed by atoms with Crippen molar-refractivity contribution in [2.75, 3.05) is 0 Å². The Morgan fingerprint density at radius 1 is 1.37 bits per heavy atom. The van der Waals surface area contributed by atoms with Gasteiger partial charge in [-0.1, -0.05) is 0 Å². The van der Waals surface area contributed by atoms with Crippen LogP contribution in [0.15, 0.2) is 24.4 Å². The summed E-state index contributed by atoms with van der Waals surface area (Å²) in [5, 5.41) is 8.63. The number of benzene rings is 1. The number of carboxylic acid groups (broad SMARTS) is 1. The predicted molar refractivity (Wildman–Crippen MR) is 64.6 cm³/mol. The highest BCUT2D eigenvalue weighted by Crippen LogP contribution is 2.21. The molecule has 1 heterocycles. The summed E-state index contributed by atoms with van der Waals surface area (Å²) in [5.41, 5.74) is 0.942. The minimum Gasteiger partial charge on any atom is -0.481 e. The van der Waals surface area contributed by atoms with Gasteiger partial charge in [0.05, 0.1) is 12.1 Å². The van der Waals surface area contributed by atoms with Crippen LogP contribution in [0, 0.1) is 18.6 Å². The van der Waals surface area contributed by atoms with Crippen LogP contribution in [0.1, 0.15) is 12.2 Å². The van der Waals surface area contributed by atoms with Crippen molar-refractivity contribution in [2.45, 2.75) is 19.9 Å². The number of aryl methyl sites for hydroxylation is 2. The first kappa shape index (κ1) is 13.2. The maximum atomic E-state index is 13.1. The molecule has 0 fully saturated rings. The number of aromatic nitrogens is 2. The maximum absolute atomic E-state index is 13.1. The number of hydrogen-bond acceptors (Lipinski definition) is 2. The van der Waals surface area contributed by atoms with Crippen molar-refractivity contribution < 1.29 is 18.7 Å². The molecule has 2 rings (SSSR count). The summed E-state index contributed by atoms with van der Waals surface area (Å²) in [4.78, 5) is 14.7. The molecule has 4 nitrogen and oxygen atoms in total. The van der Waals surface area contributed by atoms with Crippen molar-refractivity contribution in [3.05, 3.63) is 41.9 Å². The zero-order valence-corrected chi connectivity index (χ0v) is 10.2. The fraction of sp³-hybridized carbons (Fsp3) is 0.231. The third kappa shape index (κ3) is 2.96. The van der Waals surface area contributed by atoms with E-state index in [0.29, 0.717) is 17.1 Å². The number of halogens is 2. The molecular weight excluding hydrogens is 254 g/mol. The van der Waals surface area contributed by atoms with Gasteiger partial charge in [0.15, 0.2) is 11.6 Å². The van der Waals surface area contributed by atoms with Gasteiger partial charge in [-0.3, -0.25) is 4.79 Å². The third-order valence-electron chi connectivity index (χ3n) is 2.76. The first-order valence-electron chi connectivity index (χ1n) is 5.68. The molecule has 0 spiro atoms. The first-order chi connectivity index (χ1) is 8.97. The van der Waals surface area contributed by atoms with E-state index < -0.39 is 17.6 Å². The maximum Gasteiger partial charge on any atom is 0.305 e. The van der Waals surface area contributed by atoms with Crippen molar-refractivity contribution in [3.63, 3.8) is 0 Å². The van der Waals surface area contributed by atoms with Gasteiger partial charge < -0.3 is 9.67 Å². The van der Waals surface area contributed by atoms with Crippen molar-refractivity contribution in [1.29, 1.82) is 0 Å². The summed E-state index contributed by atoms with van der Waals surface area (Å²) in [5.74, 6) is -2.12. The molecule has 0 aliphatic carbocycles. The molecule has 6 heteroatoms. The van der Waals surface area contributed by atoms with Crippen LogP contribution in [0.3, 0.4) is 0 Å². The van der Waals surface area contributed by atoms with E-state index in [1.807, 2.05) is 0 Å². The Morgan fingerprint density at radius 2 is 2.11 bits per heavy atom. The number of aliphatic carboxylic acids is 1. The smallest absolute Gasteiger partial charge is 0.305 e. The lowest BCUT2D eigenvalue weighted by Crippen LogP contribution is -2.04. The SMILES string of the molecule is Cc1nc(-c2ccc(F)c(F)c2)cn1CCC(=O)O. The van der Waals surface area contributed by atoms with Crippen LogP contribution >= 0.6 is 0 Å². The summed E-state index contributed by atoms with van der Waals surface area (Å²) in [6, 6.07) is 3.54. The van der Waals surface area contributed by atoms with E-state index in [1.54, 1.807) is 17.7 Å². The highest BCUT2D eigenvalue weighted by molar-refractivity contribution is 5.66. The van der Waals surface area contributed by atoms with E-state index >= 15 is 0 Å². The predicted octanol–water partition coefficient (Wildman–Crippen LogP) is 2.61. The van der Waals surface area contributed by atoms with Gasteiger partial charge in [-0.15, -0.1) is 0 Å². The van der Waals surface area contributed by atoms with Crippen molar-refractivity contribution in [1.82, 2.24) is 9.55 Å². The average molecular weight is 266 g/mol. The summed E-state index contributed by atoms with van der Waals surface area (Å²) < 4.78 is 27.7. The topological polar surface area (TPSA) is 55.1 Å². The van der Waals surface area contributed by atoms with E-state index in [4.69, 9.17) is 5.11 Å². The Bertz CT molecular complexity index is 623. The average Bonchev–Trinajstić information content (AvgIpc) is 2.71. The third-order valence-corrected chi connectivity index (χ3v) is 2.76. The Balaban J connectivity index is 2.28. The molecule has 2 aromatic rings. The van der Waals surface area contributed by atoms with Crippen LogP contribution in [0.2, 0.25) is 0 Å². The molecule has 0 aliphatic rings. The second-order valence-electron chi connectivity index (χ2n) is 4.14. The molecule has 1 aromatic carbocycles. The largest absolute Gasteiger partial charge is 0.481 e. The van der Waals surface area contributed by atoms with Crippen LogP contribution in [0.4, 0.5) is 8.78 Å². The second-order valence-corrected chi connectivity index (χ2v) is 4.14. The minimum absolute atomic E-state index is 0.0194. The zero-order chi connectivity index (χ0) is 14.0. The molecule has 1 N–H and O–H groups in total. The van der Waals surface area contributed by atoms with Crippen LogP contribution in [-0.2, 0) is 11.3 Å². The van der Waals surface area contributed by atoms with E-state index in [1.165, 1.54) is 6.07 Å². The number of carboxylic acids is 1. The van der Waals surface area contributed by atoms with Crippen molar-refractivity contribution in [2.24, 2.45) is 0 Å². The highest BCUT2D eigenvalue weighted by atomic mass is 19.2. The standard InChI is InChI=1S/C13H12F2N2O2/c1-8-16-12(7-17(8)5-4-13(18)19)9-2-3-10(14)11(15)6-9/h2-3,6-7H,4-5H2,1H3,(H,18,19). The van der Waals surface area contributed by atoms with Crippen LogP contribution in [0.5, 0.6) is 0 Å². The first-order valence-corrected chi connectivity index (χ1v) is 5.68. The summed E-state index contributed by atoms with van der Waals surface area (Å²) >= 11 is 0. The Kier molecular flexibility index (Phi) is 3.59. The lowest BCUT2D eigenvalue weighted by Gasteiger charge is -2.00. The quantitative estimate of drug-likeness (QED) is 0.925. The molecule has 1 aromatic heterocycles. The normalized spacial score (nSPS) is 10.7. The van der Waals surface area contributed by atoms with Gasteiger partial charge in [0.25, 0.3) is 0 Å². The molecule has 0 radical (unpaired) electrons. The number of imidazole rings is 1. The molecule has 0 bridgehead atoms. The van der Waals surface area contributed by atoms with Gasteiger partial charge in [-0.2, -0.15) is 0 Å². The molecular formula is C13H12F2N2O2. The molecule has 0 unspecified atom stereocenters. The zero-order valence-electron chi connectivity index (χ0n) is 10.2. The molecule has 0 aliphatic heterocycles. The molecule has 0 saturated heterocycles. The Morgan fingerprint density at radius 3 is 2.74 bits per heavy atom. The van der Waals surface area contributed by atoms with Crippen LogP contribution in [0.25, 0.3) is 11.3 Å².